The maximum absolute atomic E-state index is 11.7. The fourth-order valence-electron chi connectivity index (χ4n) is 1.72. The van der Waals surface area contributed by atoms with Crippen LogP contribution in [0.5, 0.6) is 0 Å². The van der Waals surface area contributed by atoms with Gasteiger partial charge in [0.15, 0.2) is 0 Å². The van der Waals surface area contributed by atoms with Crippen LogP contribution in [0.4, 0.5) is 5.69 Å². The zero-order chi connectivity index (χ0) is 14.1. The Morgan fingerprint density at radius 2 is 2.16 bits per heavy atom. The highest BCUT2D eigenvalue weighted by molar-refractivity contribution is 7.84. The lowest BCUT2D eigenvalue weighted by molar-refractivity contribution is -0.116. The van der Waals surface area contributed by atoms with E-state index < -0.39 is 10.8 Å². The number of nitrogens with one attached hydrogen (secondary N) is 1. The SMILES string of the molecule is CCCS(=O)CCCC(=O)Nc1cccc(CN)c1. The van der Waals surface area contributed by atoms with Gasteiger partial charge in [-0.15, -0.1) is 0 Å². The Morgan fingerprint density at radius 3 is 2.84 bits per heavy atom. The molecule has 3 N–H and O–H groups in total. The van der Waals surface area contributed by atoms with E-state index in [4.69, 9.17) is 5.73 Å². The molecule has 4 nitrogen and oxygen atoms in total. The van der Waals surface area contributed by atoms with Crippen molar-refractivity contribution in [3.05, 3.63) is 29.8 Å². The van der Waals surface area contributed by atoms with Crippen LogP contribution in [0.1, 0.15) is 31.7 Å². The molecule has 0 saturated heterocycles. The summed E-state index contributed by atoms with van der Waals surface area (Å²) in [5, 5.41) is 2.83. The van der Waals surface area contributed by atoms with Crippen molar-refractivity contribution in [2.24, 2.45) is 5.73 Å². The molecular formula is C14H22N2O2S. The zero-order valence-corrected chi connectivity index (χ0v) is 12.2. The maximum atomic E-state index is 11.7. The Balaban J connectivity index is 2.32. The fraction of sp³-hybridized carbons (Fsp3) is 0.500. The number of rotatable bonds is 8. The minimum Gasteiger partial charge on any atom is -0.326 e. The first kappa shape index (κ1) is 15.9. The molecule has 0 saturated carbocycles. The van der Waals surface area contributed by atoms with Gasteiger partial charge in [-0.2, -0.15) is 0 Å². The average molecular weight is 282 g/mol. The van der Waals surface area contributed by atoms with Crippen molar-refractivity contribution < 1.29 is 9.00 Å². The Hall–Kier alpha value is -1.20. The largest absolute Gasteiger partial charge is 0.326 e. The van der Waals surface area contributed by atoms with Crippen LogP contribution in [0.2, 0.25) is 0 Å². The maximum Gasteiger partial charge on any atom is 0.224 e. The molecule has 0 aliphatic carbocycles. The van der Waals surface area contributed by atoms with Crippen LogP contribution < -0.4 is 11.1 Å². The van der Waals surface area contributed by atoms with Gasteiger partial charge < -0.3 is 11.1 Å². The molecule has 0 spiro atoms. The van der Waals surface area contributed by atoms with Crippen LogP contribution in [0, 0.1) is 0 Å². The molecule has 0 aliphatic heterocycles. The Morgan fingerprint density at radius 1 is 1.37 bits per heavy atom. The van der Waals surface area contributed by atoms with Gasteiger partial charge in [-0.05, 0) is 30.5 Å². The summed E-state index contributed by atoms with van der Waals surface area (Å²) in [4.78, 5) is 11.7. The summed E-state index contributed by atoms with van der Waals surface area (Å²) in [6.07, 6.45) is 1.99. The highest BCUT2D eigenvalue weighted by atomic mass is 32.2. The van der Waals surface area contributed by atoms with Gasteiger partial charge in [-0.25, -0.2) is 0 Å². The fourth-order valence-corrected chi connectivity index (χ4v) is 2.85. The molecule has 0 bridgehead atoms. The molecule has 1 amide bonds. The predicted octanol–water partition coefficient (Wildman–Crippen LogP) is 2.02. The number of anilines is 1. The van der Waals surface area contributed by atoms with Crippen molar-refractivity contribution in [1.82, 2.24) is 0 Å². The van der Waals surface area contributed by atoms with Gasteiger partial charge in [0, 0.05) is 41.0 Å². The van der Waals surface area contributed by atoms with Crippen molar-refractivity contribution in [3.8, 4) is 0 Å². The molecule has 0 aromatic heterocycles. The van der Waals surface area contributed by atoms with Gasteiger partial charge in [0.25, 0.3) is 0 Å². The number of carbonyl (C=O) groups excluding carboxylic acids is 1. The van der Waals surface area contributed by atoms with Crippen LogP contribution in [0.15, 0.2) is 24.3 Å². The lowest BCUT2D eigenvalue weighted by atomic mass is 10.2. The summed E-state index contributed by atoms with van der Waals surface area (Å²) in [6, 6.07) is 7.50. The second-order valence-electron chi connectivity index (χ2n) is 4.40. The Labute approximate surface area is 117 Å². The minimum absolute atomic E-state index is 0.0392. The van der Waals surface area contributed by atoms with E-state index in [2.05, 4.69) is 5.32 Å². The predicted molar refractivity (Wildman–Crippen MR) is 80.4 cm³/mol. The van der Waals surface area contributed by atoms with Gasteiger partial charge in [-0.3, -0.25) is 9.00 Å². The summed E-state index contributed by atoms with van der Waals surface area (Å²) >= 11 is 0. The first-order valence-electron chi connectivity index (χ1n) is 6.59. The van der Waals surface area contributed by atoms with Gasteiger partial charge in [-0.1, -0.05) is 19.1 Å². The minimum atomic E-state index is -0.785. The number of hydrogen-bond donors (Lipinski definition) is 2. The van der Waals surface area contributed by atoms with E-state index in [1.807, 2.05) is 31.2 Å². The molecule has 19 heavy (non-hydrogen) atoms. The second kappa shape index (κ2) is 8.82. The number of hydrogen-bond acceptors (Lipinski definition) is 3. The van der Waals surface area contributed by atoms with E-state index in [1.165, 1.54) is 0 Å². The normalized spacial score (nSPS) is 12.1. The molecule has 1 rings (SSSR count). The molecule has 1 aromatic rings. The summed E-state index contributed by atoms with van der Waals surface area (Å²) in [7, 11) is -0.785. The number of amides is 1. The monoisotopic (exact) mass is 282 g/mol. The summed E-state index contributed by atoms with van der Waals surface area (Å²) in [5.74, 6) is 1.28. The van der Waals surface area contributed by atoms with E-state index in [-0.39, 0.29) is 5.91 Å². The third-order valence-electron chi connectivity index (χ3n) is 2.65. The number of nitrogens with two attached hydrogens (primary N) is 1. The average Bonchev–Trinajstić information content (AvgIpc) is 2.39. The summed E-state index contributed by atoms with van der Waals surface area (Å²) in [6.45, 7) is 2.47. The topological polar surface area (TPSA) is 72.2 Å². The van der Waals surface area contributed by atoms with Crippen LogP contribution in [-0.2, 0) is 22.1 Å². The molecule has 5 heteroatoms. The number of benzene rings is 1. The first-order valence-corrected chi connectivity index (χ1v) is 8.08. The molecule has 0 aliphatic rings. The number of carbonyl (C=O) groups is 1. The first-order chi connectivity index (χ1) is 9.15. The van der Waals surface area contributed by atoms with Crippen LogP contribution in [-0.4, -0.2) is 21.6 Å². The molecule has 1 atom stereocenters. The van der Waals surface area contributed by atoms with E-state index in [9.17, 15) is 9.00 Å². The standard InChI is InChI=1S/C14H22N2O2S/c1-2-8-19(18)9-4-7-14(17)16-13-6-3-5-12(10-13)11-15/h3,5-6,10H,2,4,7-9,11,15H2,1H3,(H,16,17). The Bertz CT molecular complexity index is 435. The van der Waals surface area contributed by atoms with E-state index in [1.54, 1.807) is 0 Å². The van der Waals surface area contributed by atoms with Crippen LogP contribution in [0.25, 0.3) is 0 Å². The molecule has 0 radical (unpaired) electrons. The van der Waals surface area contributed by atoms with Gasteiger partial charge in [0.05, 0.1) is 0 Å². The highest BCUT2D eigenvalue weighted by Crippen LogP contribution is 2.10. The lowest BCUT2D eigenvalue weighted by Crippen LogP contribution is -2.13. The second-order valence-corrected chi connectivity index (χ2v) is 6.10. The lowest BCUT2D eigenvalue weighted by Gasteiger charge is -2.06. The van der Waals surface area contributed by atoms with Gasteiger partial charge in [0.2, 0.25) is 5.91 Å². The van der Waals surface area contributed by atoms with Crippen molar-refractivity contribution in [1.29, 1.82) is 0 Å². The van der Waals surface area contributed by atoms with Gasteiger partial charge >= 0.3 is 0 Å². The van der Waals surface area contributed by atoms with Crippen molar-refractivity contribution >= 4 is 22.4 Å². The molecule has 1 aromatic carbocycles. The van der Waals surface area contributed by atoms with Crippen molar-refractivity contribution in [2.45, 2.75) is 32.7 Å². The van der Waals surface area contributed by atoms with Crippen molar-refractivity contribution in [2.75, 3.05) is 16.8 Å². The third-order valence-corrected chi connectivity index (χ3v) is 4.26. The zero-order valence-electron chi connectivity index (χ0n) is 11.4. The summed E-state index contributed by atoms with van der Waals surface area (Å²) < 4.78 is 11.4. The van der Waals surface area contributed by atoms with Crippen LogP contribution >= 0.6 is 0 Å². The van der Waals surface area contributed by atoms with Crippen molar-refractivity contribution in [3.63, 3.8) is 0 Å². The quantitative estimate of drug-likeness (QED) is 0.766. The molecular weight excluding hydrogens is 260 g/mol. The molecule has 0 heterocycles. The highest BCUT2D eigenvalue weighted by Gasteiger charge is 2.04. The van der Waals surface area contributed by atoms with Gasteiger partial charge in [0.1, 0.15) is 0 Å². The molecule has 106 valence electrons. The summed E-state index contributed by atoms with van der Waals surface area (Å²) in [5.41, 5.74) is 7.30. The van der Waals surface area contributed by atoms with E-state index in [0.717, 1.165) is 23.4 Å². The molecule has 0 fully saturated rings. The van der Waals surface area contributed by atoms with Crippen LogP contribution in [0.3, 0.4) is 0 Å². The van der Waals surface area contributed by atoms with E-state index >= 15 is 0 Å². The smallest absolute Gasteiger partial charge is 0.224 e. The molecule has 1 unspecified atom stereocenters. The van der Waals surface area contributed by atoms with E-state index in [0.29, 0.717) is 25.1 Å². The third kappa shape index (κ3) is 6.50. The Kier molecular flexibility index (Phi) is 7.36.